The smallest absolute Gasteiger partial charge is 0.276 e. The zero-order valence-corrected chi connectivity index (χ0v) is 11.2. The molecule has 1 aromatic heterocycles. The van der Waals surface area contributed by atoms with Crippen LogP contribution in [0.1, 0.15) is 35.9 Å². The predicted molar refractivity (Wildman–Crippen MR) is 70.5 cm³/mol. The molecule has 2 amide bonds. The second-order valence-electron chi connectivity index (χ2n) is 4.82. The number of aromatic amines is 1. The van der Waals surface area contributed by atoms with Crippen molar-refractivity contribution >= 4 is 17.5 Å². The molecule has 1 aromatic rings. The number of hydrogen-bond donors (Lipinski definition) is 3. The van der Waals surface area contributed by atoms with Crippen LogP contribution in [0.5, 0.6) is 0 Å². The van der Waals surface area contributed by atoms with Crippen LogP contribution in [0.15, 0.2) is 0 Å². The first-order valence-corrected chi connectivity index (χ1v) is 6.40. The third-order valence-corrected chi connectivity index (χ3v) is 3.11. The summed E-state index contributed by atoms with van der Waals surface area (Å²) in [4.78, 5) is 25.1. The van der Waals surface area contributed by atoms with Crippen LogP contribution in [0.3, 0.4) is 0 Å². The molecule has 104 valence electrons. The number of aryl methyl sites for hydroxylation is 1. The lowest BCUT2D eigenvalue weighted by Gasteiger charge is -2.15. The molecule has 4 N–H and O–H groups in total. The van der Waals surface area contributed by atoms with Crippen molar-refractivity contribution in [2.45, 2.75) is 32.2 Å². The second kappa shape index (κ2) is 5.29. The van der Waals surface area contributed by atoms with Crippen LogP contribution in [0.4, 0.5) is 5.69 Å². The number of H-pyrrole nitrogens is 1. The van der Waals surface area contributed by atoms with Crippen molar-refractivity contribution in [3.63, 3.8) is 0 Å². The Morgan fingerprint density at radius 3 is 2.74 bits per heavy atom. The van der Waals surface area contributed by atoms with E-state index in [0.717, 1.165) is 18.5 Å². The fourth-order valence-corrected chi connectivity index (χ4v) is 1.79. The van der Waals surface area contributed by atoms with Crippen molar-refractivity contribution in [1.82, 2.24) is 20.4 Å². The minimum atomic E-state index is -0.348. The van der Waals surface area contributed by atoms with Gasteiger partial charge in [0.05, 0.1) is 17.9 Å². The van der Waals surface area contributed by atoms with Crippen molar-refractivity contribution in [3.05, 3.63) is 11.4 Å². The van der Waals surface area contributed by atoms with Crippen LogP contribution in [0, 0.1) is 0 Å². The molecule has 0 saturated heterocycles. The normalized spacial score (nSPS) is 14.2. The minimum absolute atomic E-state index is 0.0170. The molecule has 0 unspecified atom stereocenters. The fourth-order valence-electron chi connectivity index (χ4n) is 1.79. The molecule has 0 bridgehead atoms. The highest BCUT2D eigenvalue weighted by atomic mass is 16.2. The van der Waals surface area contributed by atoms with Gasteiger partial charge in [-0.15, -0.1) is 0 Å². The van der Waals surface area contributed by atoms with Gasteiger partial charge in [0.15, 0.2) is 5.69 Å². The maximum atomic E-state index is 12.1. The fraction of sp³-hybridized carbons (Fsp3) is 0.583. The molecule has 7 heteroatoms. The van der Waals surface area contributed by atoms with E-state index < -0.39 is 0 Å². The average molecular weight is 265 g/mol. The largest absolute Gasteiger partial charge is 0.395 e. The maximum Gasteiger partial charge on any atom is 0.276 e. The standard InChI is InChI=1S/C12H19N5O2/c1-3-8-10(13)11(16-15-8)12(19)17(2)6-9(18)14-7-4-5-7/h7H,3-6,13H2,1-2H3,(H,14,18)(H,15,16). The predicted octanol–water partition coefficient (Wildman–Crippen LogP) is -0.0951. The molecule has 0 atom stereocenters. The van der Waals surface area contributed by atoms with E-state index in [1.165, 1.54) is 4.90 Å². The lowest BCUT2D eigenvalue weighted by atomic mass is 10.2. The van der Waals surface area contributed by atoms with Gasteiger partial charge in [-0.05, 0) is 19.3 Å². The highest BCUT2D eigenvalue weighted by Crippen LogP contribution is 2.19. The first-order valence-electron chi connectivity index (χ1n) is 6.40. The van der Waals surface area contributed by atoms with Gasteiger partial charge in [0.1, 0.15) is 0 Å². The molecule has 1 aliphatic rings. The van der Waals surface area contributed by atoms with Crippen molar-refractivity contribution in [2.24, 2.45) is 0 Å². The number of nitrogens with zero attached hydrogens (tertiary/aromatic N) is 2. The lowest BCUT2D eigenvalue weighted by Crippen LogP contribution is -2.39. The Hall–Kier alpha value is -2.05. The van der Waals surface area contributed by atoms with E-state index in [9.17, 15) is 9.59 Å². The monoisotopic (exact) mass is 265 g/mol. The number of anilines is 1. The number of nitrogen functional groups attached to an aromatic ring is 1. The van der Waals surface area contributed by atoms with Crippen molar-refractivity contribution in [1.29, 1.82) is 0 Å². The number of aromatic nitrogens is 2. The van der Waals surface area contributed by atoms with E-state index in [1.807, 2.05) is 6.92 Å². The molecule has 1 heterocycles. The summed E-state index contributed by atoms with van der Waals surface area (Å²) < 4.78 is 0. The molecule has 0 aromatic carbocycles. The Morgan fingerprint density at radius 1 is 1.53 bits per heavy atom. The number of nitrogens with two attached hydrogens (primary N) is 1. The summed E-state index contributed by atoms with van der Waals surface area (Å²) >= 11 is 0. The molecule has 19 heavy (non-hydrogen) atoms. The molecule has 1 saturated carbocycles. The number of carbonyl (C=O) groups excluding carboxylic acids is 2. The van der Waals surface area contributed by atoms with E-state index in [1.54, 1.807) is 7.05 Å². The van der Waals surface area contributed by atoms with Crippen LogP contribution < -0.4 is 11.1 Å². The molecule has 2 rings (SSSR count). The Balaban J connectivity index is 1.97. The van der Waals surface area contributed by atoms with Gasteiger partial charge in [-0.1, -0.05) is 6.92 Å². The molecule has 0 aliphatic heterocycles. The van der Waals surface area contributed by atoms with Gasteiger partial charge in [0.2, 0.25) is 5.91 Å². The molecule has 1 aliphatic carbocycles. The van der Waals surface area contributed by atoms with Gasteiger partial charge in [-0.25, -0.2) is 0 Å². The molecule has 0 radical (unpaired) electrons. The Bertz CT molecular complexity index is 492. The Labute approximate surface area is 111 Å². The molecule has 1 fully saturated rings. The van der Waals surface area contributed by atoms with Gasteiger partial charge in [-0.2, -0.15) is 5.10 Å². The third-order valence-electron chi connectivity index (χ3n) is 3.11. The highest BCUT2D eigenvalue weighted by Gasteiger charge is 2.26. The summed E-state index contributed by atoms with van der Waals surface area (Å²) in [6.07, 6.45) is 2.73. The first-order chi connectivity index (χ1) is 9.02. The minimum Gasteiger partial charge on any atom is -0.395 e. The van der Waals surface area contributed by atoms with Gasteiger partial charge in [0, 0.05) is 13.1 Å². The molecule has 0 spiro atoms. The zero-order valence-electron chi connectivity index (χ0n) is 11.2. The van der Waals surface area contributed by atoms with Crippen LogP contribution in [0.25, 0.3) is 0 Å². The van der Waals surface area contributed by atoms with E-state index in [2.05, 4.69) is 15.5 Å². The summed E-state index contributed by atoms with van der Waals surface area (Å²) in [7, 11) is 1.56. The number of hydrogen-bond acceptors (Lipinski definition) is 4. The molecule has 7 nitrogen and oxygen atoms in total. The van der Waals surface area contributed by atoms with E-state index in [4.69, 9.17) is 5.73 Å². The summed E-state index contributed by atoms with van der Waals surface area (Å²) in [6.45, 7) is 1.94. The number of rotatable bonds is 5. The number of carbonyl (C=O) groups is 2. The average Bonchev–Trinajstić information content (AvgIpc) is 3.09. The highest BCUT2D eigenvalue weighted by molar-refractivity contribution is 5.99. The maximum absolute atomic E-state index is 12.1. The zero-order chi connectivity index (χ0) is 14.0. The topological polar surface area (TPSA) is 104 Å². The summed E-state index contributed by atoms with van der Waals surface area (Å²) in [5.74, 6) is -0.498. The van der Waals surface area contributed by atoms with Crippen molar-refractivity contribution in [3.8, 4) is 0 Å². The SMILES string of the molecule is CCc1[nH]nc(C(=O)N(C)CC(=O)NC2CC2)c1N. The van der Waals surface area contributed by atoms with Crippen LogP contribution in [0.2, 0.25) is 0 Å². The number of nitrogens with one attached hydrogen (secondary N) is 2. The molecular weight excluding hydrogens is 246 g/mol. The van der Waals surface area contributed by atoms with Crippen LogP contribution >= 0.6 is 0 Å². The van der Waals surface area contributed by atoms with E-state index >= 15 is 0 Å². The Morgan fingerprint density at radius 2 is 2.21 bits per heavy atom. The quantitative estimate of drug-likeness (QED) is 0.691. The van der Waals surface area contributed by atoms with Crippen LogP contribution in [-0.4, -0.2) is 46.5 Å². The van der Waals surface area contributed by atoms with Gasteiger partial charge in [-0.3, -0.25) is 14.7 Å². The van der Waals surface area contributed by atoms with Crippen LogP contribution in [-0.2, 0) is 11.2 Å². The second-order valence-corrected chi connectivity index (χ2v) is 4.82. The first kappa shape index (κ1) is 13.4. The van der Waals surface area contributed by atoms with Crippen molar-refractivity contribution < 1.29 is 9.59 Å². The van der Waals surface area contributed by atoms with Crippen molar-refractivity contribution in [2.75, 3.05) is 19.3 Å². The third kappa shape index (κ3) is 3.04. The van der Waals surface area contributed by atoms with Gasteiger partial charge >= 0.3 is 0 Å². The summed E-state index contributed by atoms with van der Waals surface area (Å²) in [5, 5.41) is 9.48. The number of amides is 2. The van der Waals surface area contributed by atoms with Gasteiger partial charge < -0.3 is 16.0 Å². The van der Waals surface area contributed by atoms with Gasteiger partial charge in [0.25, 0.3) is 5.91 Å². The summed E-state index contributed by atoms with van der Waals surface area (Å²) in [6, 6.07) is 0.290. The summed E-state index contributed by atoms with van der Waals surface area (Å²) in [5.41, 5.74) is 7.11. The Kier molecular flexibility index (Phi) is 3.73. The van der Waals surface area contributed by atoms with E-state index in [-0.39, 0.29) is 30.1 Å². The molecular formula is C12H19N5O2. The van der Waals surface area contributed by atoms with E-state index in [0.29, 0.717) is 12.1 Å². The number of likely N-dealkylation sites (N-methyl/N-ethyl adjacent to an activating group) is 1. The lowest BCUT2D eigenvalue weighted by molar-refractivity contribution is -0.121.